The van der Waals surface area contributed by atoms with Crippen LogP contribution in [0.25, 0.3) is 26.3 Å². The molecule has 5 aromatic rings. The van der Waals surface area contributed by atoms with Gasteiger partial charge in [0.1, 0.15) is 11.4 Å². The zero-order valence-corrected chi connectivity index (χ0v) is 15.2. The fourth-order valence-corrected chi connectivity index (χ4v) is 3.89. The van der Waals surface area contributed by atoms with Gasteiger partial charge in [0.05, 0.1) is 15.9 Å². The van der Waals surface area contributed by atoms with E-state index < -0.39 is 0 Å². The van der Waals surface area contributed by atoms with E-state index >= 15 is 0 Å². The van der Waals surface area contributed by atoms with Crippen LogP contribution >= 0.6 is 11.3 Å². The summed E-state index contributed by atoms with van der Waals surface area (Å²) in [6.45, 7) is 1.88. The maximum absolute atomic E-state index is 12.7. The SMILES string of the molecule is Cc1cc(NC(=O)c2cc3ccccc3o2)n(-c2nc3ccccc3s2)n1. The van der Waals surface area contributed by atoms with Crippen molar-refractivity contribution in [2.75, 3.05) is 5.32 Å². The lowest BCUT2D eigenvalue weighted by Crippen LogP contribution is -2.14. The van der Waals surface area contributed by atoms with Crippen molar-refractivity contribution in [2.24, 2.45) is 0 Å². The molecule has 0 fully saturated rings. The number of anilines is 1. The number of hydrogen-bond acceptors (Lipinski definition) is 5. The molecule has 2 aromatic carbocycles. The Morgan fingerprint density at radius 1 is 1.11 bits per heavy atom. The second-order valence-corrected chi connectivity index (χ2v) is 7.16. The van der Waals surface area contributed by atoms with E-state index in [2.05, 4.69) is 15.4 Å². The Balaban J connectivity index is 1.51. The van der Waals surface area contributed by atoms with Crippen molar-refractivity contribution in [2.45, 2.75) is 6.92 Å². The molecule has 0 saturated carbocycles. The fourth-order valence-electron chi connectivity index (χ4n) is 2.96. The Morgan fingerprint density at radius 2 is 1.93 bits per heavy atom. The number of amides is 1. The van der Waals surface area contributed by atoms with E-state index in [4.69, 9.17) is 4.42 Å². The number of benzene rings is 2. The molecular formula is C20H14N4O2S. The lowest BCUT2D eigenvalue weighted by Gasteiger charge is -2.04. The van der Waals surface area contributed by atoms with Crippen molar-refractivity contribution in [3.63, 3.8) is 0 Å². The van der Waals surface area contributed by atoms with Crippen LogP contribution in [0.3, 0.4) is 0 Å². The van der Waals surface area contributed by atoms with Crippen molar-refractivity contribution in [3.05, 3.63) is 72.1 Å². The highest BCUT2D eigenvalue weighted by Crippen LogP contribution is 2.27. The molecule has 0 aliphatic carbocycles. The molecule has 0 aliphatic heterocycles. The predicted molar refractivity (Wildman–Crippen MR) is 106 cm³/mol. The number of carbonyl (C=O) groups is 1. The number of para-hydroxylation sites is 2. The molecule has 0 aliphatic rings. The molecule has 132 valence electrons. The van der Waals surface area contributed by atoms with E-state index in [0.29, 0.717) is 16.5 Å². The molecule has 1 amide bonds. The number of furan rings is 1. The first kappa shape index (κ1) is 15.8. The molecule has 0 saturated heterocycles. The minimum atomic E-state index is -0.325. The van der Waals surface area contributed by atoms with Gasteiger partial charge in [0.15, 0.2) is 5.76 Å². The molecule has 3 heterocycles. The smallest absolute Gasteiger partial charge is 0.292 e. The molecular weight excluding hydrogens is 360 g/mol. The molecule has 0 unspecified atom stereocenters. The number of nitrogens with zero attached hydrogens (tertiary/aromatic N) is 3. The maximum Gasteiger partial charge on any atom is 0.292 e. The minimum Gasteiger partial charge on any atom is -0.451 e. The van der Waals surface area contributed by atoms with Gasteiger partial charge in [-0.05, 0) is 31.2 Å². The van der Waals surface area contributed by atoms with Gasteiger partial charge in [-0.25, -0.2) is 4.98 Å². The van der Waals surface area contributed by atoms with Gasteiger partial charge in [-0.3, -0.25) is 4.79 Å². The Kier molecular flexibility index (Phi) is 3.54. The van der Waals surface area contributed by atoms with Crippen LogP contribution in [0.15, 0.2) is 65.1 Å². The number of carbonyl (C=O) groups excluding carboxylic acids is 1. The van der Waals surface area contributed by atoms with E-state index in [1.54, 1.807) is 10.7 Å². The zero-order valence-electron chi connectivity index (χ0n) is 14.3. The summed E-state index contributed by atoms with van der Waals surface area (Å²) in [5, 5.41) is 8.96. The third-order valence-corrected chi connectivity index (χ3v) is 5.20. The largest absolute Gasteiger partial charge is 0.451 e. The van der Waals surface area contributed by atoms with Crippen LogP contribution in [0.5, 0.6) is 0 Å². The number of rotatable bonds is 3. The molecule has 0 bridgehead atoms. The lowest BCUT2D eigenvalue weighted by atomic mass is 10.2. The Labute approximate surface area is 158 Å². The second-order valence-electron chi connectivity index (χ2n) is 6.15. The monoisotopic (exact) mass is 374 g/mol. The Hall–Kier alpha value is -3.45. The van der Waals surface area contributed by atoms with Crippen LogP contribution < -0.4 is 5.32 Å². The number of fused-ring (bicyclic) bond motifs is 2. The lowest BCUT2D eigenvalue weighted by molar-refractivity contribution is 0.0998. The highest BCUT2D eigenvalue weighted by Gasteiger charge is 2.17. The Bertz CT molecular complexity index is 1230. The second kappa shape index (κ2) is 6.07. The number of thiazole rings is 1. The molecule has 7 heteroatoms. The van der Waals surface area contributed by atoms with Crippen LogP contribution in [-0.4, -0.2) is 20.7 Å². The molecule has 5 rings (SSSR count). The summed E-state index contributed by atoms with van der Waals surface area (Å²) in [6, 6.07) is 19.0. The normalized spacial score (nSPS) is 11.3. The summed E-state index contributed by atoms with van der Waals surface area (Å²) in [6.07, 6.45) is 0. The number of hydrogen-bond donors (Lipinski definition) is 1. The van der Waals surface area contributed by atoms with E-state index in [0.717, 1.165) is 21.3 Å². The van der Waals surface area contributed by atoms with E-state index in [-0.39, 0.29) is 11.7 Å². The van der Waals surface area contributed by atoms with Gasteiger partial charge in [-0.15, -0.1) is 0 Å². The van der Waals surface area contributed by atoms with Crippen LogP contribution in [0, 0.1) is 6.92 Å². The minimum absolute atomic E-state index is 0.255. The molecule has 0 spiro atoms. The highest BCUT2D eigenvalue weighted by molar-refractivity contribution is 7.20. The first-order chi connectivity index (χ1) is 13.2. The number of aromatic nitrogens is 3. The zero-order chi connectivity index (χ0) is 18.4. The van der Waals surface area contributed by atoms with Crippen molar-refractivity contribution in [1.29, 1.82) is 0 Å². The van der Waals surface area contributed by atoms with Crippen LogP contribution in [0.2, 0.25) is 0 Å². The van der Waals surface area contributed by atoms with Gasteiger partial charge >= 0.3 is 0 Å². The van der Waals surface area contributed by atoms with Gasteiger partial charge in [0.25, 0.3) is 5.91 Å². The summed E-state index contributed by atoms with van der Waals surface area (Å²) in [5.41, 5.74) is 2.37. The van der Waals surface area contributed by atoms with Gasteiger partial charge < -0.3 is 9.73 Å². The van der Waals surface area contributed by atoms with Crippen molar-refractivity contribution >= 4 is 44.2 Å². The predicted octanol–water partition coefficient (Wildman–Crippen LogP) is 4.79. The highest BCUT2D eigenvalue weighted by atomic mass is 32.1. The van der Waals surface area contributed by atoms with Crippen molar-refractivity contribution in [3.8, 4) is 5.13 Å². The Morgan fingerprint density at radius 3 is 2.78 bits per heavy atom. The van der Waals surface area contributed by atoms with Gasteiger partial charge in [0, 0.05) is 11.5 Å². The third kappa shape index (κ3) is 2.78. The first-order valence-corrected chi connectivity index (χ1v) is 9.21. The summed E-state index contributed by atoms with van der Waals surface area (Å²) in [7, 11) is 0. The molecule has 27 heavy (non-hydrogen) atoms. The summed E-state index contributed by atoms with van der Waals surface area (Å²) in [4.78, 5) is 17.3. The van der Waals surface area contributed by atoms with Crippen molar-refractivity contribution < 1.29 is 9.21 Å². The average molecular weight is 374 g/mol. The standard InChI is InChI=1S/C20H14N4O2S/c1-12-10-18(22-19(25)16-11-13-6-2-4-8-15(13)26-16)24(23-12)20-21-14-7-3-5-9-17(14)27-20/h2-11H,1H3,(H,22,25). The molecule has 1 N–H and O–H groups in total. The maximum atomic E-state index is 12.7. The van der Waals surface area contributed by atoms with E-state index in [9.17, 15) is 4.79 Å². The summed E-state index contributed by atoms with van der Waals surface area (Å²) < 4.78 is 8.37. The van der Waals surface area contributed by atoms with Crippen molar-refractivity contribution in [1.82, 2.24) is 14.8 Å². The van der Waals surface area contributed by atoms with Gasteiger partial charge in [-0.2, -0.15) is 9.78 Å². The third-order valence-electron chi connectivity index (χ3n) is 4.19. The van der Waals surface area contributed by atoms with Crippen LogP contribution in [0.1, 0.15) is 16.2 Å². The topological polar surface area (TPSA) is 73.0 Å². The summed E-state index contributed by atoms with van der Waals surface area (Å²) >= 11 is 1.52. The molecule has 6 nitrogen and oxygen atoms in total. The van der Waals surface area contributed by atoms with Gasteiger partial charge in [0.2, 0.25) is 5.13 Å². The first-order valence-electron chi connectivity index (χ1n) is 8.40. The van der Waals surface area contributed by atoms with Gasteiger partial charge in [-0.1, -0.05) is 41.7 Å². The summed E-state index contributed by atoms with van der Waals surface area (Å²) in [5.74, 6) is 0.483. The van der Waals surface area contributed by atoms with E-state index in [1.807, 2.05) is 61.5 Å². The molecule has 0 atom stereocenters. The average Bonchev–Trinajstić information content (AvgIpc) is 3.36. The molecule has 0 radical (unpaired) electrons. The van der Waals surface area contributed by atoms with Crippen LogP contribution in [0.4, 0.5) is 5.82 Å². The number of nitrogens with one attached hydrogen (secondary N) is 1. The fraction of sp³-hybridized carbons (Fsp3) is 0.0500. The quantitative estimate of drug-likeness (QED) is 0.493. The van der Waals surface area contributed by atoms with Crippen LogP contribution in [-0.2, 0) is 0 Å². The van der Waals surface area contributed by atoms with E-state index in [1.165, 1.54) is 11.3 Å². The molecule has 3 aromatic heterocycles. The number of aryl methyl sites for hydroxylation is 1.